The summed E-state index contributed by atoms with van der Waals surface area (Å²) < 4.78 is 7.34. The Labute approximate surface area is 202 Å². The maximum Gasteiger partial charge on any atom is 0.237 e. The van der Waals surface area contributed by atoms with Crippen LogP contribution >= 0.6 is 23.4 Å². The highest BCUT2D eigenvalue weighted by atomic mass is 35.5. The summed E-state index contributed by atoms with van der Waals surface area (Å²) in [6.07, 6.45) is 2.73. The van der Waals surface area contributed by atoms with Crippen LogP contribution in [0.1, 0.15) is 5.56 Å². The van der Waals surface area contributed by atoms with E-state index in [1.165, 1.54) is 17.3 Å². The molecule has 0 N–H and O–H groups in total. The van der Waals surface area contributed by atoms with Crippen molar-refractivity contribution in [2.45, 2.75) is 11.6 Å². The van der Waals surface area contributed by atoms with E-state index in [1.807, 2.05) is 82.4 Å². The van der Waals surface area contributed by atoms with Gasteiger partial charge in [0.2, 0.25) is 5.91 Å². The van der Waals surface area contributed by atoms with E-state index in [0.29, 0.717) is 10.8 Å². The number of carbonyl (C=O) groups excluding carboxylic acids is 1. The molecule has 0 unspecified atom stereocenters. The molecule has 1 aliphatic heterocycles. The second-order valence-corrected chi connectivity index (χ2v) is 9.06. The molecule has 0 fully saturated rings. The van der Waals surface area contributed by atoms with Crippen LogP contribution < -0.4 is 9.64 Å². The molecule has 1 aliphatic rings. The predicted octanol–water partition coefficient (Wildman–Crippen LogP) is 5.88. The molecule has 4 aromatic rings. The molecule has 2 heterocycles. The molecule has 5 rings (SSSR count). The topological polar surface area (TPSA) is 47.4 Å². The van der Waals surface area contributed by atoms with Gasteiger partial charge < -0.3 is 9.64 Å². The lowest BCUT2D eigenvalue weighted by Crippen LogP contribution is -2.30. The highest BCUT2D eigenvalue weighted by Gasteiger charge is 2.25. The third kappa shape index (κ3) is 4.36. The van der Waals surface area contributed by atoms with E-state index >= 15 is 0 Å². The zero-order chi connectivity index (χ0) is 22.8. The number of hydrogen-bond donors (Lipinski definition) is 0. The summed E-state index contributed by atoms with van der Waals surface area (Å²) in [5, 5.41) is 1.38. The summed E-state index contributed by atoms with van der Waals surface area (Å²) >= 11 is 7.73. The van der Waals surface area contributed by atoms with E-state index in [9.17, 15) is 4.79 Å². The number of nitrogens with zero attached hydrogens (tertiary/aromatic N) is 3. The SMILES string of the molecule is COc1ccc(-c2cnc(SCC(=O)N3CCc4ccccc43)n2-c2cccc(Cl)c2)cc1. The van der Waals surface area contributed by atoms with Gasteiger partial charge in [-0.05, 0) is 60.5 Å². The summed E-state index contributed by atoms with van der Waals surface area (Å²) in [6, 6.07) is 23.6. The first-order valence-electron chi connectivity index (χ1n) is 10.6. The van der Waals surface area contributed by atoms with Gasteiger partial charge in [0.25, 0.3) is 0 Å². The fourth-order valence-corrected chi connectivity index (χ4v) is 5.12. The number of amides is 1. The van der Waals surface area contributed by atoms with Crippen molar-refractivity contribution in [1.29, 1.82) is 0 Å². The molecule has 1 aromatic heterocycles. The molecule has 0 radical (unpaired) electrons. The second-order valence-electron chi connectivity index (χ2n) is 7.68. The third-order valence-corrected chi connectivity index (χ3v) is 6.87. The number of carbonyl (C=O) groups is 1. The van der Waals surface area contributed by atoms with Gasteiger partial charge >= 0.3 is 0 Å². The second kappa shape index (κ2) is 9.33. The van der Waals surface area contributed by atoms with Crippen LogP contribution in [-0.4, -0.2) is 34.9 Å². The van der Waals surface area contributed by atoms with Gasteiger partial charge in [-0.1, -0.05) is 47.6 Å². The maximum absolute atomic E-state index is 13.1. The molecule has 0 saturated heterocycles. The highest BCUT2D eigenvalue weighted by Crippen LogP contribution is 2.33. The first-order chi connectivity index (χ1) is 16.1. The fourth-order valence-electron chi connectivity index (χ4n) is 4.07. The Morgan fingerprint density at radius 2 is 1.91 bits per heavy atom. The Bertz CT molecular complexity index is 1300. The Morgan fingerprint density at radius 3 is 2.70 bits per heavy atom. The number of fused-ring (bicyclic) bond motifs is 1. The quantitative estimate of drug-likeness (QED) is 0.326. The molecule has 0 bridgehead atoms. The Kier molecular flexibility index (Phi) is 6.11. The van der Waals surface area contributed by atoms with Gasteiger partial charge in [0, 0.05) is 28.5 Å². The molecular weight excluding hydrogens is 454 g/mol. The number of halogens is 1. The minimum absolute atomic E-state index is 0.0802. The van der Waals surface area contributed by atoms with Gasteiger partial charge in [-0.15, -0.1) is 0 Å². The van der Waals surface area contributed by atoms with Crippen molar-refractivity contribution in [1.82, 2.24) is 9.55 Å². The Hall–Kier alpha value is -3.22. The van der Waals surface area contributed by atoms with Gasteiger partial charge in [0.05, 0.1) is 24.8 Å². The van der Waals surface area contributed by atoms with Gasteiger partial charge in [-0.2, -0.15) is 0 Å². The molecule has 166 valence electrons. The molecule has 33 heavy (non-hydrogen) atoms. The van der Waals surface area contributed by atoms with Crippen molar-refractivity contribution in [3.8, 4) is 22.7 Å². The lowest BCUT2D eigenvalue weighted by Gasteiger charge is -2.17. The number of imidazole rings is 1. The van der Waals surface area contributed by atoms with Gasteiger partial charge in [-0.25, -0.2) is 4.98 Å². The van der Waals surface area contributed by atoms with E-state index in [-0.39, 0.29) is 5.91 Å². The van der Waals surface area contributed by atoms with Crippen LogP contribution in [0.25, 0.3) is 16.9 Å². The van der Waals surface area contributed by atoms with Crippen LogP contribution in [0.15, 0.2) is 84.1 Å². The van der Waals surface area contributed by atoms with Crippen LogP contribution in [0.4, 0.5) is 5.69 Å². The molecule has 5 nitrogen and oxygen atoms in total. The average molecular weight is 476 g/mol. The van der Waals surface area contributed by atoms with Crippen LogP contribution in [0, 0.1) is 0 Å². The standard InChI is InChI=1S/C26H22ClN3O2S/c1-32-22-11-9-19(10-12-22)24-16-28-26(30(24)21-7-4-6-20(27)15-21)33-17-25(31)29-14-13-18-5-2-3-8-23(18)29/h2-12,15-16H,13-14,17H2,1H3. The zero-order valence-electron chi connectivity index (χ0n) is 18.1. The van der Waals surface area contributed by atoms with Crippen LogP contribution in [0.5, 0.6) is 5.75 Å². The zero-order valence-corrected chi connectivity index (χ0v) is 19.6. The number of thioether (sulfide) groups is 1. The highest BCUT2D eigenvalue weighted by molar-refractivity contribution is 7.99. The van der Waals surface area contributed by atoms with E-state index < -0.39 is 0 Å². The van der Waals surface area contributed by atoms with E-state index in [1.54, 1.807) is 7.11 Å². The van der Waals surface area contributed by atoms with E-state index in [4.69, 9.17) is 16.3 Å². The summed E-state index contributed by atoms with van der Waals surface area (Å²) in [5.74, 6) is 1.17. The molecule has 1 amide bonds. The number of ether oxygens (including phenoxy) is 1. The number of para-hydroxylation sites is 1. The fraction of sp³-hybridized carbons (Fsp3) is 0.154. The smallest absolute Gasteiger partial charge is 0.237 e. The summed E-state index contributed by atoms with van der Waals surface area (Å²) in [7, 11) is 1.65. The van der Waals surface area contributed by atoms with Crippen LogP contribution in [-0.2, 0) is 11.2 Å². The molecule has 0 atom stereocenters. The van der Waals surface area contributed by atoms with Crippen molar-refractivity contribution in [2.24, 2.45) is 0 Å². The number of methoxy groups -OCH3 is 1. The lowest BCUT2D eigenvalue weighted by atomic mass is 10.1. The minimum Gasteiger partial charge on any atom is -0.497 e. The summed E-state index contributed by atoms with van der Waals surface area (Å²) in [6.45, 7) is 0.721. The molecule has 0 aliphatic carbocycles. The lowest BCUT2D eigenvalue weighted by molar-refractivity contribution is -0.116. The van der Waals surface area contributed by atoms with Crippen molar-refractivity contribution in [2.75, 3.05) is 24.3 Å². The Morgan fingerprint density at radius 1 is 1.09 bits per heavy atom. The first kappa shape index (κ1) is 21.6. The van der Waals surface area contributed by atoms with E-state index in [0.717, 1.165) is 46.5 Å². The molecule has 0 saturated carbocycles. The normalized spacial score (nSPS) is 12.6. The van der Waals surface area contributed by atoms with Crippen LogP contribution in [0.2, 0.25) is 5.02 Å². The van der Waals surface area contributed by atoms with Crippen molar-refractivity contribution in [3.63, 3.8) is 0 Å². The first-order valence-corrected chi connectivity index (χ1v) is 12.0. The molecular formula is C26H22ClN3O2S. The number of aromatic nitrogens is 2. The minimum atomic E-state index is 0.0802. The van der Waals surface area contributed by atoms with E-state index in [2.05, 4.69) is 11.1 Å². The van der Waals surface area contributed by atoms with Gasteiger partial charge in [-0.3, -0.25) is 9.36 Å². The van der Waals surface area contributed by atoms with Gasteiger partial charge in [0.15, 0.2) is 5.16 Å². The molecule has 7 heteroatoms. The maximum atomic E-state index is 13.1. The predicted molar refractivity (Wildman–Crippen MR) is 134 cm³/mol. The monoisotopic (exact) mass is 475 g/mol. The number of benzene rings is 3. The number of hydrogen-bond acceptors (Lipinski definition) is 4. The summed E-state index contributed by atoms with van der Waals surface area (Å²) in [4.78, 5) is 19.6. The molecule has 3 aromatic carbocycles. The largest absolute Gasteiger partial charge is 0.497 e. The summed E-state index contributed by atoms with van der Waals surface area (Å²) in [5.41, 5.74) is 5.04. The molecule has 0 spiro atoms. The number of anilines is 1. The third-order valence-electron chi connectivity index (χ3n) is 5.69. The van der Waals surface area contributed by atoms with Gasteiger partial charge in [0.1, 0.15) is 5.75 Å². The number of rotatable bonds is 6. The van der Waals surface area contributed by atoms with Crippen molar-refractivity contribution >= 4 is 35.0 Å². The Balaban J connectivity index is 1.45. The van der Waals surface area contributed by atoms with Crippen molar-refractivity contribution in [3.05, 3.63) is 89.6 Å². The van der Waals surface area contributed by atoms with Crippen LogP contribution in [0.3, 0.4) is 0 Å². The average Bonchev–Trinajstić information content (AvgIpc) is 3.47. The van der Waals surface area contributed by atoms with Crippen molar-refractivity contribution < 1.29 is 9.53 Å².